The summed E-state index contributed by atoms with van der Waals surface area (Å²) in [7, 11) is 1.72. The third-order valence-electron chi connectivity index (χ3n) is 3.53. The van der Waals surface area contributed by atoms with Gasteiger partial charge in [-0.3, -0.25) is 4.68 Å². The van der Waals surface area contributed by atoms with E-state index in [1.54, 1.807) is 19.3 Å². The van der Waals surface area contributed by atoms with E-state index >= 15 is 0 Å². The van der Waals surface area contributed by atoms with Gasteiger partial charge in [-0.25, -0.2) is 4.79 Å². The van der Waals surface area contributed by atoms with Crippen LogP contribution in [0.25, 0.3) is 0 Å². The molecule has 1 atom stereocenters. The van der Waals surface area contributed by atoms with Crippen LogP contribution in [0.2, 0.25) is 0 Å². The minimum absolute atomic E-state index is 0.192. The summed E-state index contributed by atoms with van der Waals surface area (Å²) in [4.78, 5) is 12.0. The number of aromatic nitrogens is 2. The van der Waals surface area contributed by atoms with Crippen LogP contribution in [-0.2, 0) is 11.8 Å². The van der Waals surface area contributed by atoms with Crippen LogP contribution in [0.4, 0.5) is 0 Å². The maximum atomic E-state index is 12.0. The highest BCUT2D eigenvalue weighted by molar-refractivity contribution is 5.87. The molecular weight excluding hydrogens is 256 g/mol. The Morgan fingerprint density at radius 3 is 3.10 bits per heavy atom. The standard InChI is InChI=1S/C15H16N2O3/c1-17-13(6-8-16-17)15(18)20-10-11-7-9-19-14-5-3-2-4-12(11)14/h2-6,8,11H,7,9-10H2,1H3/t11-/m0/s1. The molecule has 2 aromatic rings. The number of ether oxygens (including phenoxy) is 2. The number of nitrogens with zero attached hydrogens (tertiary/aromatic N) is 2. The van der Waals surface area contributed by atoms with Gasteiger partial charge in [-0.15, -0.1) is 0 Å². The first kappa shape index (κ1) is 12.7. The molecule has 3 rings (SSSR count). The lowest BCUT2D eigenvalue weighted by molar-refractivity contribution is 0.0446. The van der Waals surface area contributed by atoms with Crippen LogP contribution < -0.4 is 4.74 Å². The third kappa shape index (κ3) is 2.39. The lowest BCUT2D eigenvalue weighted by Crippen LogP contribution is -2.21. The van der Waals surface area contributed by atoms with Gasteiger partial charge in [0, 0.05) is 24.7 Å². The zero-order valence-electron chi connectivity index (χ0n) is 11.3. The largest absolute Gasteiger partial charge is 0.493 e. The number of carbonyl (C=O) groups excluding carboxylic acids is 1. The smallest absolute Gasteiger partial charge is 0.356 e. The fourth-order valence-corrected chi connectivity index (χ4v) is 2.41. The van der Waals surface area contributed by atoms with Crippen molar-refractivity contribution in [2.45, 2.75) is 12.3 Å². The fourth-order valence-electron chi connectivity index (χ4n) is 2.41. The van der Waals surface area contributed by atoms with E-state index in [0.29, 0.717) is 18.9 Å². The molecule has 2 heterocycles. The van der Waals surface area contributed by atoms with Gasteiger partial charge in [0.05, 0.1) is 13.2 Å². The van der Waals surface area contributed by atoms with Gasteiger partial charge in [0.2, 0.25) is 0 Å². The highest BCUT2D eigenvalue weighted by atomic mass is 16.5. The summed E-state index contributed by atoms with van der Waals surface area (Å²) < 4.78 is 12.5. The number of carbonyl (C=O) groups is 1. The van der Waals surface area contributed by atoms with E-state index in [4.69, 9.17) is 9.47 Å². The quantitative estimate of drug-likeness (QED) is 0.803. The van der Waals surface area contributed by atoms with E-state index in [1.807, 2.05) is 24.3 Å². The summed E-state index contributed by atoms with van der Waals surface area (Å²) in [5.74, 6) is 0.742. The predicted octanol–water partition coefficient (Wildman–Crippen LogP) is 2.14. The van der Waals surface area contributed by atoms with Gasteiger partial charge in [-0.1, -0.05) is 18.2 Å². The normalized spacial score (nSPS) is 17.1. The van der Waals surface area contributed by atoms with Crippen molar-refractivity contribution in [1.82, 2.24) is 9.78 Å². The van der Waals surface area contributed by atoms with Gasteiger partial charge >= 0.3 is 5.97 Å². The molecule has 0 aliphatic carbocycles. The molecule has 1 aliphatic rings. The molecule has 0 spiro atoms. The number of esters is 1. The van der Waals surface area contributed by atoms with Crippen molar-refractivity contribution in [1.29, 1.82) is 0 Å². The molecule has 1 aromatic carbocycles. The lowest BCUT2D eigenvalue weighted by Gasteiger charge is -2.25. The minimum Gasteiger partial charge on any atom is -0.493 e. The monoisotopic (exact) mass is 272 g/mol. The van der Waals surface area contributed by atoms with Crippen LogP contribution in [0.1, 0.15) is 28.4 Å². The Balaban J connectivity index is 1.68. The van der Waals surface area contributed by atoms with Crippen molar-refractivity contribution < 1.29 is 14.3 Å². The summed E-state index contributed by atoms with van der Waals surface area (Å²) >= 11 is 0. The SMILES string of the molecule is Cn1nccc1C(=O)OC[C@@H]1CCOc2ccccc21. The first-order valence-corrected chi connectivity index (χ1v) is 6.62. The highest BCUT2D eigenvalue weighted by Gasteiger charge is 2.23. The Bertz CT molecular complexity index is 621. The van der Waals surface area contributed by atoms with Crippen molar-refractivity contribution in [3.8, 4) is 5.75 Å². The first-order valence-electron chi connectivity index (χ1n) is 6.62. The molecule has 0 saturated heterocycles. The summed E-state index contributed by atoms with van der Waals surface area (Å²) in [5, 5.41) is 3.96. The average molecular weight is 272 g/mol. The van der Waals surface area contributed by atoms with E-state index in [2.05, 4.69) is 5.10 Å². The average Bonchev–Trinajstić information content (AvgIpc) is 2.91. The molecule has 0 amide bonds. The number of benzene rings is 1. The molecule has 0 fully saturated rings. The Kier molecular flexibility index (Phi) is 3.41. The molecule has 0 unspecified atom stereocenters. The zero-order chi connectivity index (χ0) is 13.9. The fraction of sp³-hybridized carbons (Fsp3) is 0.333. The Labute approximate surface area is 117 Å². The molecule has 0 radical (unpaired) electrons. The van der Waals surface area contributed by atoms with Crippen molar-refractivity contribution in [2.75, 3.05) is 13.2 Å². The zero-order valence-corrected chi connectivity index (χ0v) is 11.3. The van der Waals surface area contributed by atoms with E-state index in [-0.39, 0.29) is 11.9 Å². The highest BCUT2D eigenvalue weighted by Crippen LogP contribution is 2.33. The van der Waals surface area contributed by atoms with Crippen LogP contribution >= 0.6 is 0 Å². The molecule has 5 nitrogen and oxygen atoms in total. The molecule has 1 aromatic heterocycles. The second-order valence-electron chi connectivity index (χ2n) is 4.81. The number of hydrogen-bond donors (Lipinski definition) is 0. The Hall–Kier alpha value is -2.30. The summed E-state index contributed by atoms with van der Waals surface area (Å²) in [6, 6.07) is 9.55. The lowest BCUT2D eigenvalue weighted by atomic mass is 9.94. The third-order valence-corrected chi connectivity index (χ3v) is 3.53. The van der Waals surface area contributed by atoms with Crippen molar-refractivity contribution in [2.24, 2.45) is 7.05 Å². The van der Waals surface area contributed by atoms with Gasteiger partial charge in [0.1, 0.15) is 11.4 Å². The number of fused-ring (bicyclic) bond motifs is 1. The molecule has 0 N–H and O–H groups in total. The maximum Gasteiger partial charge on any atom is 0.356 e. The van der Waals surface area contributed by atoms with Gasteiger partial charge in [0.15, 0.2) is 0 Å². The second-order valence-corrected chi connectivity index (χ2v) is 4.81. The van der Waals surface area contributed by atoms with E-state index in [1.165, 1.54) is 4.68 Å². The van der Waals surface area contributed by atoms with Crippen LogP contribution in [-0.4, -0.2) is 29.0 Å². The van der Waals surface area contributed by atoms with Crippen LogP contribution in [0, 0.1) is 0 Å². The van der Waals surface area contributed by atoms with Crippen molar-refractivity contribution >= 4 is 5.97 Å². The van der Waals surface area contributed by atoms with Crippen LogP contribution in [0.3, 0.4) is 0 Å². The molecule has 5 heteroatoms. The molecule has 0 saturated carbocycles. The van der Waals surface area contributed by atoms with E-state index in [9.17, 15) is 4.79 Å². The number of hydrogen-bond acceptors (Lipinski definition) is 4. The molecule has 20 heavy (non-hydrogen) atoms. The van der Waals surface area contributed by atoms with Crippen molar-refractivity contribution in [3.63, 3.8) is 0 Å². The molecular formula is C15H16N2O3. The summed E-state index contributed by atoms with van der Waals surface area (Å²) in [6.45, 7) is 1.02. The molecule has 1 aliphatic heterocycles. The Morgan fingerprint density at radius 2 is 2.30 bits per heavy atom. The predicted molar refractivity (Wildman–Crippen MR) is 72.8 cm³/mol. The minimum atomic E-state index is -0.339. The Morgan fingerprint density at radius 1 is 1.45 bits per heavy atom. The van der Waals surface area contributed by atoms with Crippen molar-refractivity contribution in [3.05, 3.63) is 47.8 Å². The van der Waals surface area contributed by atoms with E-state index < -0.39 is 0 Å². The summed E-state index contributed by atoms with van der Waals surface area (Å²) in [6.07, 6.45) is 2.44. The molecule has 0 bridgehead atoms. The van der Waals surface area contributed by atoms with E-state index in [0.717, 1.165) is 17.7 Å². The van der Waals surface area contributed by atoms with Gasteiger partial charge in [-0.2, -0.15) is 5.10 Å². The number of rotatable bonds is 3. The maximum absolute atomic E-state index is 12.0. The number of aryl methyl sites for hydroxylation is 1. The first-order chi connectivity index (χ1) is 9.75. The second kappa shape index (κ2) is 5.36. The van der Waals surface area contributed by atoms with Gasteiger partial charge in [0.25, 0.3) is 0 Å². The van der Waals surface area contributed by atoms with Gasteiger partial charge in [-0.05, 0) is 18.6 Å². The molecule has 104 valence electrons. The van der Waals surface area contributed by atoms with Crippen LogP contribution in [0.15, 0.2) is 36.5 Å². The van der Waals surface area contributed by atoms with Crippen LogP contribution in [0.5, 0.6) is 5.75 Å². The topological polar surface area (TPSA) is 53.4 Å². The summed E-state index contributed by atoms with van der Waals surface area (Å²) in [5.41, 5.74) is 1.57. The number of para-hydroxylation sites is 1. The van der Waals surface area contributed by atoms with Gasteiger partial charge < -0.3 is 9.47 Å².